The molecule has 0 radical (unpaired) electrons. The number of hydrogen-bond acceptors (Lipinski definition) is 15. The third-order valence-electron chi connectivity index (χ3n) is 15.5. The van der Waals surface area contributed by atoms with Crippen LogP contribution in [0.15, 0.2) is 0 Å². The predicted molar refractivity (Wildman–Crippen MR) is 340 cm³/mol. The molecule has 0 rings (SSSR count). The molecule has 0 spiro atoms. The van der Waals surface area contributed by atoms with Crippen LogP contribution in [0.25, 0.3) is 0 Å². The third kappa shape index (κ3) is 59.5. The number of hydrogen-bond donors (Lipinski definition) is 3. The maximum Gasteiger partial charge on any atom is 0.472 e. The average molecular weight is 1260 g/mol. The molecule has 19 heteroatoms. The van der Waals surface area contributed by atoms with E-state index >= 15 is 0 Å². The van der Waals surface area contributed by atoms with E-state index < -0.39 is 97.5 Å². The highest BCUT2D eigenvalue weighted by molar-refractivity contribution is 7.47. The van der Waals surface area contributed by atoms with Crippen LogP contribution in [-0.4, -0.2) is 96.7 Å². The summed E-state index contributed by atoms with van der Waals surface area (Å²) in [5.41, 5.74) is 0. The number of phosphoric ester groups is 2. The van der Waals surface area contributed by atoms with Crippen molar-refractivity contribution in [3.05, 3.63) is 0 Å². The Morgan fingerprint density at radius 1 is 0.341 bits per heavy atom. The van der Waals surface area contributed by atoms with Gasteiger partial charge in [-0.1, -0.05) is 273 Å². The van der Waals surface area contributed by atoms with Gasteiger partial charge in [-0.25, -0.2) is 9.13 Å². The molecule has 85 heavy (non-hydrogen) atoms. The van der Waals surface area contributed by atoms with E-state index in [2.05, 4.69) is 48.5 Å². The Morgan fingerprint density at radius 2 is 0.600 bits per heavy atom. The number of carbonyl (C=O) groups is 4. The lowest BCUT2D eigenvalue weighted by molar-refractivity contribution is -0.161. The number of carbonyl (C=O) groups excluding carboxylic acids is 4. The molecule has 0 aliphatic carbocycles. The molecule has 0 aliphatic heterocycles. The van der Waals surface area contributed by atoms with Gasteiger partial charge in [-0.15, -0.1) is 0 Å². The molecule has 0 fully saturated rings. The van der Waals surface area contributed by atoms with Crippen molar-refractivity contribution in [2.75, 3.05) is 39.6 Å². The molecule has 0 aromatic carbocycles. The quantitative estimate of drug-likeness (QED) is 0.0222. The second-order valence-corrected chi connectivity index (χ2v) is 28.0. The lowest BCUT2D eigenvalue weighted by Crippen LogP contribution is -2.30. The summed E-state index contributed by atoms with van der Waals surface area (Å²) in [5, 5.41) is 10.5. The largest absolute Gasteiger partial charge is 0.472 e. The molecule has 17 nitrogen and oxygen atoms in total. The lowest BCUT2D eigenvalue weighted by Gasteiger charge is -2.21. The van der Waals surface area contributed by atoms with Crippen molar-refractivity contribution in [1.29, 1.82) is 0 Å². The Balaban J connectivity index is 5.24. The highest BCUT2D eigenvalue weighted by Gasteiger charge is 2.30. The van der Waals surface area contributed by atoms with Crippen molar-refractivity contribution in [3.8, 4) is 0 Å². The smallest absolute Gasteiger partial charge is 0.462 e. The van der Waals surface area contributed by atoms with Crippen molar-refractivity contribution in [2.24, 2.45) is 17.8 Å². The second-order valence-electron chi connectivity index (χ2n) is 25.1. The Hall–Kier alpha value is -1.94. The molecule has 0 aromatic rings. The summed E-state index contributed by atoms with van der Waals surface area (Å²) in [4.78, 5) is 72.3. The van der Waals surface area contributed by atoms with Crippen LogP contribution in [0, 0.1) is 17.8 Å². The minimum absolute atomic E-state index is 0.103. The summed E-state index contributed by atoms with van der Waals surface area (Å²) in [6.45, 7) is 11.7. The van der Waals surface area contributed by atoms with Crippen molar-refractivity contribution < 1.29 is 80.2 Å². The fraction of sp³-hybridized carbons (Fsp3) is 0.939. The first kappa shape index (κ1) is 83.1. The van der Waals surface area contributed by atoms with E-state index in [-0.39, 0.29) is 25.7 Å². The van der Waals surface area contributed by atoms with Crippen LogP contribution in [0.2, 0.25) is 0 Å². The van der Waals surface area contributed by atoms with Gasteiger partial charge in [-0.05, 0) is 43.4 Å². The molecule has 0 amide bonds. The number of esters is 4. The fourth-order valence-corrected chi connectivity index (χ4v) is 11.4. The van der Waals surface area contributed by atoms with Gasteiger partial charge in [0.05, 0.1) is 26.4 Å². The average Bonchev–Trinajstić information content (AvgIpc) is 3.55. The molecular formula is C66H128O17P2. The minimum Gasteiger partial charge on any atom is -0.462 e. The molecule has 504 valence electrons. The highest BCUT2D eigenvalue weighted by atomic mass is 31.2. The van der Waals surface area contributed by atoms with Crippen LogP contribution in [0.3, 0.4) is 0 Å². The van der Waals surface area contributed by atoms with Gasteiger partial charge in [0.25, 0.3) is 0 Å². The van der Waals surface area contributed by atoms with Crippen LogP contribution in [0.5, 0.6) is 0 Å². The fourth-order valence-electron chi connectivity index (χ4n) is 9.80. The highest BCUT2D eigenvalue weighted by Crippen LogP contribution is 2.45. The zero-order valence-corrected chi connectivity index (χ0v) is 56.9. The maximum absolute atomic E-state index is 13.0. The molecule has 3 N–H and O–H groups in total. The van der Waals surface area contributed by atoms with E-state index in [4.69, 9.17) is 37.0 Å². The number of unbranched alkanes of at least 4 members (excludes halogenated alkanes) is 31. The standard InChI is InChI=1S/C66H128O17P2/c1-8-10-11-12-13-26-33-40-47-63(68)76-53-62(83-66(71)50-43-36-29-22-24-31-38-45-58(5)6)56-81-85(74,75)79-52-60(67)51-78-84(72,73)80-55-61(54-77-64(69)48-41-34-27-20-16-14-18-23-30-37-44-57(3)4)82-65(70)49-42-35-28-21-17-15-19-25-32-39-46-59(7)9-2/h57-62,67H,8-56H2,1-7H3,(H,72,73)(H,74,75)/t59?,60-,61-,62-/m1/s1. The molecule has 0 saturated heterocycles. The molecule has 0 aromatic heterocycles. The Morgan fingerprint density at radius 3 is 0.894 bits per heavy atom. The van der Waals surface area contributed by atoms with E-state index in [0.29, 0.717) is 31.6 Å². The summed E-state index contributed by atoms with van der Waals surface area (Å²) in [5.74, 6) is 0.121. The van der Waals surface area contributed by atoms with E-state index in [0.717, 1.165) is 108 Å². The summed E-state index contributed by atoms with van der Waals surface area (Å²) in [7, 11) is -9.89. The lowest BCUT2D eigenvalue weighted by atomic mass is 9.99. The van der Waals surface area contributed by atoms with Crippen molar-refractivity contribution in [1.82, 2.24) is 0 Å². The van der Waals surface area contributed by atoms with Gasteiger partial charge >= 0.3 is 39.5 Å². The predicted octanol–water partition coefficient (Wildman–Crippen LogP) is 18.3. The molecule has 0 aliphatic rings. The van der Waals surface area contributed by atoms with Crippen LogP contribution in [0.4, 0.5) is 0 Å². The Kier molecular flexibility index (Phi) is 55.9. The zero-order valence-electron chi connectivity index (χ0n) is 55.1. The topological polar surface area (TPSA) is 237 Å². The Labute approximate surface area is 517 Å². The third-order valence-corrected chi connectivity index (χ3v) is 17.4. The molecule has 0 heterocycles. The Bertz CT molecular complexity index is 1680. The van der Waals surface area contributed by atoms with Gasteiger partial charge in [0, 0.05) is 25.7 Å². The van der Waals surface area contributed by atoms with E-state index in [1.165, 1.54) is 128 Å². The first-order chi connectivity index (χ1) is 40.8. The molecule has 6 atom stereocenters. The minimum atomic E-state index is -4.95. The van der Waals surface area contributed by atoms with E-state index in [9.17, 15) is 43.2 Å². The number of aliphatic hydroxyl groups excluding tert-OH is 1. The number of ether oxygens (including phenoxy) is 4. The zero-order chi connectivity index (χ0) is 63.1. The SMILES string of the molecule is CCCCCCCCCCC(=O)OC[C@H](COP(=O)(O)OC[C@H](O)COP(=O)(O)OC[C@@H](COC(=O)CCCCCCCCCCCCC(C)C)OC(=O)CCCCCCCCCCCCC(C)CC)OC(=O)CCCCCCCCCC(C)C. The van der Waals surface area contributed by atoms with Crippen LogP contribution >= 0.6 is 15.6 Å². The van der Waals surface area contributed by atoms with Crippen LogP contribution in [-0.2, 0) is 65.4 Å². The van der Waals surface area contributed by atoms with E-state index in [1.54, 1.807) is 0 Å². The van der Waals surface area contributed by atoms with Crippen LogP contribution in [0.1, 0.15) is 325 Å². The van der Waals surface area contributed by atoms with Gasteiger partial charge in [0.15, 0.2) is 12.2 Å². The van der Waals surface area contributed by atoms with Gasteiger partial charge in [0.1, 0.15) is 19.3 Å². The first-order valence-corrected chi connectivity index (χ1v) is 37.4. The number of aliphatic hydroxyl groups is 1. The molecular weight excluding hydrogens is 1130 g/mol. The van der Waals surface area contributed by atoms with Gasteiger partial charge in [-0.2, -0.15) is 0 Å². The summed E-state index contributed by atoms with van der Waals surface area (Å²) < 4.78 is 68.0. The van der Waals surface area contributed by atoms with Gasteiger partial charge in [-0.3, -0.25) is 37.3 Å². The first-order valence-electron chi connectivity index (χ1n) is 34.4. The summed E-state index contributed by atoms with van der Waals surface area (Å²) >= 11 is 0. The summed E-state index contributed by atoms with van der Waals surface area (Å²) in [6, 6.07) is 0. The van der Waals surface area contributed by atoms with Crippen molar-refractivity contribution in [2.45, 2.75) is 343 Å². The summed E-state index contributed by atoms with van der Waals surface area (Å²) in [6.07, 6.45) is 39.0. The number of phosphoric acid groups is 2. The van der Waals surface area contributed by atoms with Gasteiger partial charge in [0.2, 0.25) is 0 Å². The maximum atomic E-state index is 13.0. The molecule has 3 unspecified atom stereocenters. The second kappa shape index (κ2) is 57.2. The number of rotatable bonds is 64. The van der Waals surface area contributed by atoms with Crippen LogP contribution < -0.4 is 0 Å². The molecule has 0 bridgehead atoms. The monoisotopic (exact) mass is 1250 g/mol. The van der Waals surface area contributed by atoms with Gasteiger partial charge < -0.3 is 33.8 Å². The molecule has 0 saturated carbocycles. The van der Waals surface area contributed by atoms with Crippen molar-refractivity contribution in [3.63, 3.8) is 0 Å². The normalized spacial score (nSPS) is 14.6. The van der Waals surface area contributed by atoms with E-state index in [1.807, 2.05) is 0 Å². The van der Waals surface area contributed by atoms with Crippen molar-refractivity contribution >= 4 is 39.5 Å².